The molecule has 0 bridgehead atoms. The molecule has 0 saturated carbocycles. The Morgan fingerprint density at radius 3 is 2.63 bits per heavy atom. The Bertz CT molecular complexity index is 468. The van der Waals surface area contributed by atoms with Gasteiger partial charge in [-0.3, -0.25) is 0 Å². The average Bonchev–Trinajstić information content (AvgIpc) is 2.30. The van der Waals surface area contributed by atoms with Crippen molar-refractivity contribution in [1.29, 1.82) is 0 Å². The molecule has 1 aromatic rings. The minimum atomic E-state index is -0.580. The van der Waals surface area contributed by atoms with Gasteiger partial charge < -0.3 is 15.2 Å². The summed E-state index contributed by atoms with van der Waals surface area (Å²) in [7, 11) is 0. The van der Waals surface area contributed by atoms with Gasteiger partial charge in [-0.05, 0) is 32.0 Å². The van der Waals surface area contributed by atoms with Crippen LogP contribution in [0.1, 0.15) is 37.0 Å². The van der Waals surface area contributed by atoms with Gasteiger partial charge in [0.1, 0.15) is 11.9 Å². The molecule has 5 heteroatoms. The molecule has 1 aromatic carbocycles. The van der Waals surface area contributed by atoms with Crippen molar-refractivity contribution >= 4 is 11.7 Å². The van der Waals surface area contributed by atoms with Gasteiger partial charge in [0.15, 0.2) is 0 Å². The maximum Gasteiger partial charge on any atom is 0.340 e. The number of carbonyl (C=O) groups is 1. The van der Waals surface area contributed by atoms with Crippen molar-refractivity contribution in [2.75, 3.05) is 5.73 Å². The van der Waals surface area contributed by atoms with Gasteiger partial charge in [0, 0.05) is 18.5 Å². The lowest BCUT2D eigenvalue weighted by Gasteiger charge is -2.31. The topological polar surface area (TPSA) is 61.5 Å². The lowest BCUT2D eigenvalue weighted by Crippen LogP contribution is -2.35. The molecule has 0 radical (unpaired) electrons. The first-order chi connectivity index (χ1) is 8.95. The Hall–Kier alpha value is -1.62. The Morgan fingerprint density at radius 1 is 1.37 bits per heavy atom. The van der Waals surface area contributed by atoms with E-state index in [2.05, 4.69) is 0 Å². The van der Waals surface area contributed by atoms with Crippen LogP contribution >= 0.6 is 0 Å². The number of nitrogens with two attached hydrogens (primary N) is 1. The van der Waals surface area contributed by atoms with E-state index in [4.69, 9.17) is 15.2 Å². The number of benzene rings is 1. The molecule has 0 spiro atoms. The van der Waals surface area contributed by atoms with Gasteiger partial charge >= 0.3 is 5.97 Å². The zero-order chi connectivity index (χ0) is 14.0. The minimum absolute atomic E-state index is 0.0476. The van der Waals surface area contributed by atoms with Crippen LogP contribution in [-0.4, -0.2) is 24.3 Å². The first-order valence-corrected chi connectivity index (χ1v) is 6.37. The smallest absolute Gasteiger partial charge is 0.340 e. The van der Waals surface area contributed by atoms with Gasteiger partial charge in [-0.15, -0.1) is 0 Å². The molecule has 2 atom stereocenters. The second-order valence-electron chi connectivity index (χ2n) is 4.99. The van der Waals surface area contributed by atoms with E-state index in [0.29, 0.717) is 12.8 Å². The standard InChI is InChI=1S/C14H18FNO3/c1-8-5-11(6-9(2)18-8)19-14(17)12-7-10(15)3-4-13(12)16/h3-4,7-9,11H,5-6,16H2,1-2H3. The molecule has 0 aromatic heterocycles. The summed E-state index contributed by atoms with van der Waals surface area (Å²) in [5.41, 5.74) is 5.96. The summed E-state index contributed by atoms with van der Waals surface area (Å²) in [4.78, 5) is 12.0. The largest absolute Gasteiger partial charge is 0.459 e. The number of esters is 1. The number of anilines is 1. The summed E-state index contributed by atoms with van der Waals surface area (Å²) in [6, 6.07) is 3.68. The summed E-state index contributed by atoms with van der Waals surface area (Å²) >= 11 is 0. The first-order valence-electron chi connectivity index (χ1n) is 6.37. The van der Waals surface area contributed by atoms with Crippen molar-refractivity contribution in [2.45, 2.75) is 45.0 Å². The van der Waals surface area contributed by atoms with Gasteiger partial charge in [-0.1, -0.05) is 0 Å². The normalized spacial score (nSPS) is 27.0. The van der Waals surface area contributed by atoms with Crippen LogP contribution in [-0.2, 0) is 9.47 Å². The van der Waals surface area contributed by atoms with E-state index in [1.165, 1.54) is 12.1 Å². The fourth-order valence-corrected chi connectivity index (χ4v) is 2.36. The van der Waals surface area contributed by atoms with Crippen LogP contribution in [0, 0.1) is 5.82 Å². The predicted octanol–water partition coefficient (Wildman–Crippen LogP) is 2.52. The molecule has 2 unspecified atom stereocenters. The molecule has 4 nitrogen and oxygen atoms in total. The number of rotatable bonds is 2. The molecule has 2 N–H and O–H groups in total. The Balaban J connectivity index is 2.06. The summed E-state index contributed by atoms with van der Waals surface area (Å²) in [6.45, 7) is 3.88. The zero-order valence-corrected chi connectivity index (χ0v) is 11.1. The molecule has 1 aliphatic heterocycles. The minimum Gasteiger partial charge on any atom is -0.459 e. The number of halogens is 1. The van der Waals surface area contributed by atoms with Crippen LogP contribution in [0.15, 0.2) is 18.2 Å². The van der Waals surface area contributed by atoms with Crippen molar-refractivity contribution in [3.05, 3.63) is 29.6 Å². The van der Waals surface area contributed by atoms with Crippen molar-refractivity contribution in [3.63, 3.8) is 0 Å². The molecule has 0 amide bonds. The molecular formula is C14H18FNO3. The molecule has 0 aliphatic carbocycles. The highest BCUT2D eigenvalue weighted by Gasteiger charge is 2.28. The van der Waals surface area contributed by atoms with Crippen LogP contribution < -0.4 is 5.73 Å². The maximum absolute atomic E-state index is 13.1. The van der Waals surface area contributed by atoms with Crippen molar-refractivity contribution in [1.82, 2.24) is 0 Å². The van der Waals surface area contributed by atoms with Crippen molar-refractivity contribution < 1.29 is 18.7 Å². The number of ether oxygens (including phenoxy) is 2. The molecule has 1 heterocycles. The number of carbonyl (C=O) groups excluding carboxylic acids is 1. The van der Waals surface area contributed by atoms with E-state index in [0.717, 1.165) is 6.07 Å². The fraction of sp³-hybridized carbons (Fsp3) is 0.500. The van der Waals surface area contributed by atoms with Crippen molar-refractivity contribution in [3.8, 4) is 0 Å². The number of hydrogen-bond donors (Lipinski definition) is 1. The predicted molar refractivity (Wildman–Crippen MR) is 69.3 cm³/mol. The summed E-state index contributed by atoms with van der Waals surface area (Å²) in [6.07, 6.45) is 1.17. The highest BCUT2D eigenvalue weighted by atomic mass is 19.1. The first kappa shape index (κ1) is 13.8. The average molecular weight is 267 g/mol. The summed E-state index contributed by atoms with van der Waals surface area (Å²) in [5.74, 6) is -1.09. The van der Waals surface area contributed by atoms with Crippen LogP contribution in [0.4, 0.5) is 10.1 Å². The van der Waals surface area contributed by atoms with E-state index >= 15 is 0 Å². The van der Waals surface area contributed by atoms with Crippen molar-refractivity contribution in [2.24, 2.45) is 0 Å². The third-order valence-corrected chi connectivity index (χ3v) is 3.16. The molecular weight excluding hydrogens is 249 g/mol. The zero-order valence-electron chi connectivity index (χ0n) is 11.1. The van der Waals surface area contributed by atoms with E-state index < -0.39 is 11.8 Å². The number of nitrogen functional groups attached to an aromatic ring is 1. The monoisotopic (exact) mass is 267 g/mol. The van der Waals surface area contributed by atoms with Gasteiger partial charge in [0.2, 0.25) is 0 Å². The molecule has 1 aliphatic rings. The Labute approximate surface area is 111 Å². The highest BCUT2D eigenvalue weighted by molar-refractivity contribution is 5.95. The van der Waals surface area contributed by atoms with Crippen LogP contribution in [0.3, 0.4) is 0 Å². The Kier molecular flexibility index (Phi) is 4.04. The maximum atomic E-state index is 13.1. The fourth-order valence-electron chi connectivity index (χ4n) is 2.36. The van der Waals surface area contributed by atoms with Gasteiger partial charge in [-0.2, -0.15) is 0 Å². The van der Waals surface area contributed by atoms with Crippen LogP contribution in [0.2, 0.25) is 0 Å². The third-order valence-electron chi connectivity index (χ3n) is 3.16. The lowest BCUT2D eigenvalue weighted by atomic mass is 10.0. The molecule has 19 heavy (non-hydrogen) atoms. The van der Waals surface area contributed by atoms with E-state index in [-0.39, 0.29) is 29.6 Å². The third kappa shape index (κ3) is 3.44. The Morgan fingerprint density at radius 2 is 2.00 bits per heavy atom. The second-order valence-corrected chi connectivity index (χ2v) is 4.99. The molecule has 1 fully saturated rings. The van der Waals surface area contributed by atoms with E-state index in [9.17, 15) is 9.18 Å². The number of hydrogen-bond acceptors (Lipinski definition) is 4. The summed E-state index contributed by atoms with van der Waals surface area (Å²) in [5, 5.41) is 0. The quantitative estimate of drug-likeness (QED) is 0.660. The van der Waals surface area contributed by atoms with Crippen LogP contribution in [0.25, 0.3) is 0 Å². The molecule has 104 valence electrons. The SMILES string of the molecule is CC1CC(OC(=O)c2cc(F)ccc2N)CC(C)O1. The van der Waals surface area contributed by atoms with E-state index in [1.54, 1.807) is 0 Å². The highest BCUT2D eigenvalue weighted by Crippen LogP contribution is 2.24. The lowest BCUT2D eigenvalue weighted by molar-refractivity contribution is -0.0855. The van der Waals surface area contributed by atoms with E-state index in [1.807, 2.05) is 13.8 Å². The molecule has 2 rings (SSSR count). The van der Waals surface area contributed by atoms with Gasteiger partial charge in [0.25, 0.3) is 0 Å². The molecule has 1 saturated heterocycles. The summed E-state index contributed by atoms with van der Waals surface area (Å²) < 4.78 is 24.1. The second kappa shape index (κ2) is 5.57. The van der Waals surface area contributed by atoms with Gasteiger partial charge in [-0.25, -0.2) is 9.18 Å². The van der Waals surface area contributed by atoms with Crippen LogP contribution in [0.5, 0.6) is 0 Å². The van der Waals surface area contributed by atoms with Gasteiger partial charge in [0.05, 0.1) is 17.8 Å².